The van der Waals surface area contributed by atoms with Crippen molar-refractivity contribution in [2.75, 3.05) is 17.8 Å². The fraction of sp³-hybridized carbons (Fsp3) is 0.833. The van der Waals surface area contributed by atoms with E-state index >= 15 is 0 Å². The summed E-state index contributed by atoms with van der Waals surface area (Å²) in [5.41, 5.74) is 2.00. The second-order valence-electron chi connectivity index (χ2n) is 2.65. The largest absolute Gasteiger partial charge is 0.293 e. The molecule has 0 aromatic rings. The first-order chi connectivity index (χ1) is 5.87. The monoisotopic (exact) mass is 226 g/mol. The normalized spacial score (nSPS) is 13.8. The van der Waals surface area contributed by atoms with Gasteiger partial charge in [0.25, 0.3) is 0 Å². The summed E-state index contributed by atoms with van der Waals surface area (Å²) < 4.78 is 21.4. The van der Waals surface area contributed by atoms with Crippen LogP contribution in [0.3, 0.4) is 0 Å². The summed E-state index contributed by atoms with van der Waals surface area (Å²) in [6.45, 7) is 1.68. The highest BCUT2D eigenvalue weighted by Crippen LogP contribution is 2.10. The van der Waals surface area contributed by atoms with Crippen LogP contribution in [0.2, 0.25) is 0 Å². The van der Waals surface area contributed by atoms with Crippen molar-refractivity contribution in [1.82, 2.24) is 5.43 Å². The van der Waals surface area contributed by atoms with Crippen molar-refractivity contribution in [2.45, 2.75) is 12.2 Å². The third-order valence-electron chi connectivity index (χ3n) is 1.33. The molecule has 0 bridgehead atoms. The number of hydrogen-bond acceptors (Lipinski definition) is 5. The van der Waals surface area contributed by atoms with Crippen molar-refractivity contribution >= 4 is 27.5 Å². The molecule has 0 radical (unpaired) electrons. The molecular formula is C6H14N2O3S2. The topological polar surface area (TPSA) is 89.3 Å². The highest BCUT2D eigenvalue weighted by Gasteiger charge is 2.12. The number of rotatable bonds is 5. The molecular weight excluding hydrogens is 212 g/mol. The minimum Gasteiger partial charge on any atom is -0.293 e. The fourth-order valence-electron chi connectivity index (χ4n) is 0.569. The Bertz CT molecular complexity index is 263. The summed E-state index contributed by atoms with van der Waals surface area (Å²) in [5.74, 6) is 5.10. The van der Waals surface area contributed by atoms with Gasteiger partial charge < -0.3 is 0 Å². The molecule has 0 spiro atoms. The smallest absolute Gasteiger partial charge is 0.246 e. The Labute approximate surface area is 82.3 Å². The van der Waals surface area contributed by atoms with E-state index in [0.29, 0.717) is 5.75 Å². The summed E-state index contributed by atoms with van der Waals surface area (Å²) in [4.78, 5) is 10.9. The zero-order chi connectivity index (χ0) is 10.5. The minimum absolute atomic E-state index is 0.0832. The number of amides is 1. The van der Waals surface area contributed by atoms with Crippen LogP contribution in [-0.2, 0) is 14.6 Å². The Kier molecular flexibility index (Phi) is 5.34. The van der Waals surface area contributed by atoms with E-state index in [9.17, 15) is 13.2 Å². The van der Waals surface area contributed by atoms with Crippen LogP contribution in [0.4, 0.5) is 0 Å². The number of thioether (sulfide) groups is 1. The molecule has 13 heavy (non-hydrogen) atoms. The van der Waals surface area contributed by atoms with Gasteiger partial charge in [-0.05, 0) is 6.92 Å². The van der Waals surface area contributed by atoms with Crippen LogP contribution in [0, 0.1) is 0 Å². The van der Waals surface area contributed by atoms with Crippen molar-refractivity contribution in [2.24, 2.45) is 5.84 Å². The van der Waals surface area contributed by atoms with Crippen molar-refractivity contribution < 1.29 is 13.2 Å². The Morgan fingerprint density at radius 1 is 1.62 bits per heavy atom. The molecule has 78 valence electrons. The summed E-state index contributed by atoms with van der Waals surface area (Å²) in [6, 6.07) is 0. The summed E-state index contributed by atoms with van der Waals surface area (Å²) >= 11 is 1.26. The molecule has 0 aliphatic carbocycles. The molecule has 1 amide bonds. The molecule has 0 aromatic heterocycles. The maximum absolute atomic E-state index is 10.9. The molecule has 0 rings (SSSR count). The highest BCUT2D eigenvalue weighted by molar-refractivity contribution is 8.01. The average molecular weight is 226 g/mol. The molecule has 0 heterocycles. The molecule has 5 nitrogen and oxygen atoms in total. The van der Waals surface area contributed by atoms with Crippen molar-refractivity contribution in [3.63, 3.8) is 0 Å². The molecule has 0 saturated heterocycles. The van der Waals surface area contributed by atoms with E-state index in [0.717, 1.165) is 0 Å². The lowest BCUT2D eigenvalue weighted by Crippen LogP contribution is -2.36. The van der Waals surface area contributed by atoms with E-state index in [1.54, 1.807) is 6.92 Å². The number of hydrogen-bond donors (Lipinski definition) is 2. The van der Waals surface area contributed by atoms with Gasteiger partial charge in [0, 0.05) is 12.0 Å². The minimum atomic E-state index is -2.94. The molecule has 3 N–H and O–H groups in total. The number of carbonyl (C=O) groups is 1. The van der Waals surface area contributed by atoms with Crippen LogP contribution in [0.25, 0.3) is 0 Å². The number of nitrogens with one attached hydrogen (secondary N) is 1. The predicted molar refractivity (Wildman–Crippen MR) is 54.0 cm³/mol. The Morgan fingerprint density at radius 2 is 2.15 bits per heavy atom. The first-order valence-corrected chi connectivity index (χ1v) is 6.77. The zero-order valence-electron chi connectivity index (χ0n) is 7.61. The first-order valence-electron chi connectivity index (χ1n) is 3.66. The molecule has 0 fully saturated rings. The Balaban J connectivity index is 3.72. The molecule has 1 atom stereocenters. The van der Waals surface area contributed by atoms with Gasteiger partial charge >= 0.3 is 0 Å². The molecule has 1 unspecified atom stereocenters. The number of hydrazine groups is 1. The van der Waals surface area contributed by atoms with Crippen LogP contribution in [0.15, 0.2) is 0 Å². The second kappa shape index (κ2) is 5.46. The van der Waals surface area contributed by atoms with Crippen LogP contribution in [0.5, 0.6) is 0 Å². The van der Waals surface area contributed by atoms with Gasteiger partial charge in [0.1, 0.15) is 9.84 Å². The van der Waals surface area contributed by atoms with Gasteiger partial charge in [-0.3, -0.25) is 10.2 Å². The zero-order valence-corrected chi connectivity index (χ0v) is 9.24. The maximum atomic E-state index is 10.9. The van der Waals surface area contributed by atoms with Crippen molar-refractivity contribution in [3.05, 3.63) is 0 Å². The van der Waals surface area contributed by atoms with Crippen LogP contribution < -0.4 is 11.3 Å². The van der Waals surface area contributed by atoms with Crippen molar-refractivity contribution in [3.8, 4) is 0 Å². The Hall–Kier alpha value is -0.270. The lowest BCUT2D eigenvalue weighted by atomic mass is 10.5. The van der Waals surface area contributed by atoms with E-state index in [1.807, 2.05) is 5.43 Å². The van der Waals surface area contributed by atoms with Crippen LogP contribution in [0.1, 0.15) is 6.92 Å². The molecule has 7 heteroatoms. The SMILES string of the molecule is CC(SCCS(C)(=O)=O)C(=O)NN. The number of nitrogens with two attached hydrogens (primary N) is 1. The lowest BCUT2D eigenvalue weighted by Gasteiger charge is -2.07. The average Bonchev–Trinajstić information content (AvgIpc) is 2.00. The van der Waals surface area contributed by atoms with Gasteiger partial charge in [-0.15, -0.1) is 11.8 Å². The van der Waals surface area contributed by atoms with Crippen molar-refractivity contribution in [1.29, 1.82) is 0 Å². The number of carbonyl (C=O) groups excluding carboxylic acids is 1. The molecule has 0 aromatic carbocycles. The second-order valence-corrected chi connectivity index (χ2v) is 6.36. The van der Waals surface area contributed by atoms with Crippen LogP contribution in [-0.4, -0.2) is 37.3 Å². The van der Waals surface area contributed by atoms with E-state index in [-0.39, 0.29) is 16.9 Å². The van der Waals surface area contributed by atoms with Crippen LogP contribution >= 0.6 is 11.8 Å². The summed E-state index contributed by atoms with van der Waals surface area (Å²) in [6.07, 6.45) is 1.17. The lowest BCUT2D eigenvalue weighted by molar-refractivity contribution is -0.120. The maximum Gasteiger partial charge on any atom is 0.246 e. The third-order valence-corrected chi connectivity index (χ3v) is 3.69. The third kappa shape index (κ3) is 6.85. The van der Waals surface area contributed by atoms with Gasteiger partial charge in [-0.2, -0.15) is 0 Å². The predicted octanol–water partition coefficient (Wildman–Crippen LogP) is -0.857. The molecule has 0 aliphatic heterocycles. The number of sulfone groups is 1. The van der Waals surface area contributed by atoms with Gasteiger partial charge in [0.2, 0.25) is 5.91 Å². The quantitative estimate of drug-likeness (QED) is 0.362. The van der Waals surface area contributed by atoms with Gasteiger partial charge in [0.05, 0.1) is 11.0 Å². The molecule has 0 aliphatic rings. The van der Waals surface area contributed by atoms with E-state index in [4.69, 9.17) is 5.84 Å². The fourth-order valence-corrected chi connectivity index (χ4v) is 2.74. The van der Waals surface area contributed by atoms with Gasteiger partial charge in [-0.1, -0.05) is 0 Å². The van der Waals surface area contributed by atoms with E-state index in [2.05, 4.69) is 0 Å². The summed E-state index contributed by atoms with van der Waals surface area (Å²) in [7, 11) is -2.94. The first kappa shape index (κ1) is 12.7. The summed E-state index contributed by atoms with van der Waals surface area (Å²) in [5, 5.41) is -0.313. The van der Waals surface area contributed by atoms with E-state index < -0.39 is 9.84 Å². The van der Waals surface area contributed by atoms with E-state index in [1.165, 1.54) is 18.0 Å². The highest BCUT2D eigenvalue weighted by atomic mass is 32.2. The molecule has 0 saturated carbocycles. The standard InChI is InChI=1S/C6H14N2O3S2/c1-5(6(9)8-7)12-3-4-13(2,10)11/h5H,3-4,7H2,1-2H3,(H,8,9). The Morgan fingerprint density at radius 3 is 2.54 bits per heavy atom. The van der Waals surface area contributed by atoms with Gasteiger partial charge in [-0.25, -0.2) is 14.3 Å². The van der Waals surface area contributed by atoms with Gasteiger partial charge in [0.15, 0.2) is 0 Å².